The molecular weight excluding hydrogens is 536 g/mol. The predicted octanol–water partition coefficient (Wildman–Crippen LogP) is 8.98. The number of fused-ring (bicyclic) bond motifs is 11. The van der Waals surface area contributed by atoms with Crippen molar-refractivity contribution in [1.29, 1.82) is 0 Å². The van der Waals surface area contributed by atoms with Gasteiger partial charge in [0.1, 0.15) is 12.7 Å². The Morgan fingerprint density at radius 1 is 0.614 bits per heavy atom. The molecule has 4 aromatic carbocycles. The normalized spacial score (nSPS) is 19.1. The van der Waals surface area contributed by atoms with Crippen molar-refractivity contribution in [3.63, 3.8) is 0 Å². The van der Waals surface area contributed by atoms with E-state index in [9.17, 15) is 0 Å². The number of aromatic amines is 1. The SMILES string of the molecule is C1=CC2(C=CC=C3C2=C(c2ccc4c([nH]c5ccccc54)c2-c2ncncn2)c2ccccc23)C2=Cc3ccccc3C2=C1. The van der Waals surface area contributed by atoms with Crippen molar-refractivity contribution in [1.82, 2.24) is 19.9 Å². The number of nitrogens with one attached hydrogen (secondary N) is 1. The number of para-hydroxylation sites is 1. The van der Waals surface area contributed by atoms with Gasteiger partial charge in [0.05, 0.1) is 16.5 Å². The molecule has 1 N–H and O–H groups in total. The predicted molar refractivity (Wildman–Crippen MR) is 178 cm³/mol. The van der Waals surface area contributed by atoms with Gasteiger partial charge in [0.25, 0.3) is 0 Å². The first kappa shape index (κ1) is 23.7. The van der Waals surface area contributed by atoms with E-state index in [0.717, 1.165) is 27.5 Å². The molecule has 0 radical (unpaired) electrons. The highest BCUT2D eigenvalue weighted by atomic mass is 15.0. The Labute approximate surface area is 253 Å². The quantitative estimate of drug-likeness (QED) is 0.230. The fraction of sp³-hybridized carbons (Fsp3) is 0.0250. The molecule has 6 aromatic rings. The van der Waals surface area contributed by atoms with Crippen LogP contribution in [-0.4, -0.2) is 19.9 Å². The monoisotopic (exact) mass is 560 g/mol. The molecule has 44 heavy (non-hydrogen) atoms. The second-order valence-corrected chi connectivity index (χ2v) is 11.7. The van der Waals surface area contributed by atoms with E-state index >= 15 is 0 Å². The summed E-state index contributed by atoms with van der Waals surface area (Å²) in [6.07, 6.45) is 19.4. The summed E-state index contributed by atoms with van der Waals surface area (Å²) in [5, 5.41) is 2.34. The van der Waals surface area contributed by atoms with Crippen LogP contribution in [0.25, 0.3) is 56.0 Å². The van der Waals surface area contributed by atoms with Crippen molar-refractivity contribution < 1.29 is 0 Å². The highest BCUT2D eigenvalue weighted by Crippen LogP contribution is 2.62. The van der Waals surface area contributed by atoms with Crippen LogP contribution in [0.1, 0.15) is 27.8 Å². The third-order valence-electron chi connectivity index (χ3n) is 9.62. The second kappa shape index (κ2) is 8.59. The maximum absolute atomic E-state index is 4.72. The number of nitrogens with zero attached hydrogens (tertiary/aromatic N) is 3. The number of allylic oxidation sites excluding steroid dienone is 10. The lowest BCUT2D eigenvalue weighted by Gasteiger charge is -2.38. The summed E-state index contributed by atoms with van der Waals surface area (Å²) < 4.78 is 0. The highest BCUT2D eigenvalue weighted by molar-refractivity contribution is 6.17. The van der Waals surface area contributed by atoms with Crippen LogP contribution in [0.5, 0.6) is 0 Å². The second-order valence-electron chi connectivity index (χ2n) is 11.7. The van der Waals surface area contributed by atoms with E-state index in [4.69, 9.17) is 9.97 Å². The zero-order valence-electron chi connectivity index (χ0n) is 23.6. The topological polar surface area (TPSA) is 54.5 Å². The lowest BCUT2D eigenvalue weighted by molar-refractivity contribution is 0.751. The number of rotatable bonds is 2. The largest absolute Gasteiger partial charge is 0.354 e. The lowest BCUT2D eigenvalue weighted by atomic mass is 9.64. The fourth-order valence-electron chi connectivity index (χ4n) is 7.85. The number of H-pyrrole nitrogens is 1. The van der Waals surface area contributed by atoms with Gasteiger partial charge in [-0.3, -0.25) is 0 Å². The van der Waals surface area contributed by atoms with Crippen molar-refractivity contribution in [3.05, 3.63) is 173 Å². The molecule has 4 nitrogen and oxygen atoms in total. The Kier molecular flexibility index (Phi) is 4.62. The first-order chi connectivity index (χ1) is 21.8. The van der Waals surface area contributed by atoms with Gasteiger partial charge in [0.15, 0.2) is 5.82 Å². The van der Waals surface area contributed by atoms with Crippen LogP contribution >= 0.6 is 0 Å². The summed E-state index contributed by atoms with van der Waals surface area (Å²) >= 11 is 0. The van der Waals surface area contributed by atoms with E-state index in [1.807, 2.05) is 0 Å². The van der Waals surface area contributed by atoms with E-state index in [1.54, 1.807) is 12.7 Å². The summed E-state index contributed by atoms with van der Waals surface area (Å²) in [5.74, 6) is 0.655. The van der Waals surface area contributed by atoms with Crippen LogP contribution in [0.3, 0.4) is 0 Å². The summed E-state index contributed by atoms with van der Waals surface area (Å²) in [6.45, 7) is 0. The maximum Gasteiger partial charge on any atom is 0.165 e. The Morgan fingerprint density at radius 2 is 1.34 bits per heavy atom. The Balaban J connectivity index is 1.34. The molecule has 0 aliphatic heterocycles. The Bertz CT molecular complexity index is 2420. The molecular formula is C40H24N4. The molecule has 0 fully saturated rings. The van der Waals surface area contributed by atoms with Gasteiger partial charge in [-0.2, -0.15) is 0 Å². The first-order valence-electron chi connectivity index (χ1n) is 14.9. The molecule has 4 heteroatoms. The average molecular weight is 561 g/mol. The lowest BCUT2D eigenvalue weighted by Crippen LogP contribution is -2.25. The van der Waals surface area contributed by atoms with Crippen molar-refractivity contribution in [3.8, 4) is 11.4 Å². The molecule has 1 unspecified atom stereocenters. The molecule has 0 amide bonds. The van der Waals surface area contributed by atoms with Gasteiger partial charge in [0.2, 0.25) is 0 Å². The van der Waals surface area contributed by atoms with Gasteiger partial charge in [-0.1, -0.05) is 115 Å². The maximum atomic E-state index is 4.72. The van der Waals surface area contributed by atoms with Gasteiger partial charge in [0, 0.05) is 16.3 Å². The summed E-state index contributed by atoms with van der Waals surface area (Å²) in [7, 11) is 0. The van der Waals surface area contributed by atoms with E-state index in [0.29, 0.717) is 5.82 Å². The molecule has 1 atom stereocenters. The van der Waals surface area contributed by atoms with Crippen LogP contribution < -0.4 is 0 Å². The molecule has 0 saturated heterocycles. The molecule has 0 bridgehead atoms. The third kappa shape index (κ3) is 2.99. The van der Waals surface area contributed by atoms with Crippen LogP contribution in [0.4, 0.5) is 0 Å². The fourth-order valence-corrected chi connectivity index (χ4v) is 7.85. The van der Waals surface area contributed by atoms with Crippen LogP contribution in [0.15, 0.2) is 145 Å². The minimum atomic E-state index is -0.437. The molecule has 2 aromatic heterocycles. The summed E-state index contributed by atoms with van der Waals surface area (Å²) in [6, 6.07) is 30.5. The smallest absolute Gasteiger partial charge is 0.165 e. The number of benzene rings is 4. The van der Waals surface area contributed by atoms with Crippen molar-refractivity contribution in [2.45, 2.75) is 0 Å². The van der Waals surface area contributed by atoms with Crippen LogP contribution in [0.2, 0.25) is 0 Å². The average Bonchev–Trinajstić information content (AvgIpc) is 3.76. The number of hydrogen-bond donors (Lipinski definition) is 1. The Morgan fingerprint density at radius 3 is 2.20 bits per heavy atom. The standard InChI is InChI=1S/C40H24N4/c1-2-10-25-24(9-1)21-33-27(25)14-7-19-40(33)20-8-15-30-26-11-3-4-13-29(26)35(37(30)40)32-18-17-31-28-12-5-6-16-34(28)44-38(31)36(32)39-42-22-41-23-43-39/h1-23,44H. The van der Waals surface area contributed by atoms with Crippen molar-refractivity contribution in [2.75, 3.05) is 0 Å². The minimum Gasteiger partial charge on any atom is -0.354 e. The zero-order chi connectivity index (χ0) is 28.8. The van der Waals surface area contributed by atoms with Crippen LogP contribution in [0, 0.1) is 5.41 Å². The third-order valence-corrected chi connectivity index (χ3v) is 9.62. The number of aromatic nitrogens is 4. The van der Waals surface area contributed by atoms with Gasteiger partial charge in [-0.15, -0.1) is 0 Å². The highest BCUT2D eigenvalue weighted by Gasteiger charge is 2.46. The van der Waals surface area contributed by atoms with E-state index in [2.05, 4.69) is 137 Å². The summed E-state index contributed by atoms with van der Waals surface area (Å²) in [4.78, 5) is 17.3. The molecule has 4 aliphatic carbocycles. The van der Waals surface area contributed by atoms with Crippen LogP contribution in [-0.2, 0) is 0 Å². The van der Waals surface area contributed by atoms with Gasteiger partial charge >= 0.3 is 0 Å². The van der Waals surface area contributed by atoms with Crippen molar-refractivity contribution in [2.24, 2.45) is 5.41 Å². The minimum absolute atomic E-state index is 0.437. The zero-order valence-corrected chi connectivity index (χ0v) is 23.6. The van der Waals surface area contributed by atoms with E-state index in [-0.39, 0.29) is 0 Å². The van der Waals surface area contributed by atoms with E-state index < -0.39 is 5.41 Å². The van der Waals surface area contributed by atoms with Gasteiger partial charge in [-0.05, 0) is 67.8 Å². The molecule has 204 valence electrons. The van der Waals surface area contributed by atoms with E-state index in [1.165, 1.54) is 55.5 Å². The summed E-state index contributed by atoms with van der Waals surface area (Å²) in [5.41, 5.74) is 15.2. The molecule has 1 spiro atoms. The number of hydrogen-bond acceptors (Lipinski definition) is 3. The van der Waals surface area contributed by atoms with Gasteiger partial charge in [-0.25, -0.2) is 15.0 Å². The molecule has 2 heterocycles. The first-order valence-corrected chi connectivity index (χ1v) is 14.9. The Hall–Kier alpha value is -5.87. The molecule has 0 saturated carbocycles. The van der Waals surface area contributed by atoms with Gasteiger partial charge < -0.3 is 4.98 Å². The molecule has 10 rings (SSSR count). The molecule has 4 aliphatic rings. The van der Waals surface area contributed by atoms with Crippen molar-refractivity contribution >= 4 is 44.6 Å².